The number of halogens is 2. The van der Waals surface area contributed by atoms with Crippen LogP contribution in [0.25, 0.3) is 0 Å². The first kappa shape index (κ1) is 23.4. The van der Waals surface area contributed by atoms with Crippen molar-refractivity contribution < 1.29 is 23.0 Å². The zero-order valence-electron chi connectivity index (χ0n) is 18.2. The average Bonchev–Trinajstić information content (AvgIpc) is 2.81. The minimum absolute atomic E-state index is 0.00862. The highest BCUT2D eigenvalue weighted by molar-refractivity contribution is 5.31. The van der Waals surface area contributed by atoms with Gasteiger partial charge >= 0.3 is 0 Å². The molecule has 2 aromatic carbocycles. The smallest absolute Gasteiger partial charge is 0.200 e. The van der Waals surface area contributed by atoms with E-state index in [9.17, 15) is 8.78 Å². The van der Waals surface area contributed by atoms with Gasteiger partial charge in [-0.2, -0.15) is 4.39 Å². The molecule has 2 unspecified atom stereocenters. The number of benzene rings is 2. The molecule has 5 heteroatoms. The second-order valence-corrected chi connectivity index (χ2v) is 7.95. The van der Waals surface area contributed by atoms with Crippen LogP contribution in [0.15, 0.2) is 49.1 Å². The molecule has 0 amide bonds. The number of rotatable bonds is 11. The van der Waals surface area contributed by atoms with E-state index in [1.165, 1.54) is 17.7 Å². The van der Waals surface area contributed by atoms with Crippen LogP contribution >= 0.6 is 0 Å². The summed E-state index contributed by atoms with van der Waals surface area (Å²) in [6.07, 6.45) is 7.17. The molecular formula is C26H32F2O3. The lowest BCUT2D eigenvalue weighted by atomic mass is 9.98. The van der Waals surface area contributed by atoms with Crippen LogP contribution in [-0.4, -0.2) is 19.3 Å². The molecule has 1 aliphatic rings. The summed E-state index contributed by atoms with van der Waals surface area (Å²) in [6, 6.07) is 11.5. The lowest BCUT2D eigenvalue weighted by Gasteiger charge is -2.29. The summed E-state index contributed by atoms with van der Waals surface area (Å²) in [6.45, 7) is 6.59. The lowest BCUT2D eigenvalue weighted by Crippen LogP contribution is -2.27. The quantitative estimate of drug-likeness (QED) is 0.293. The summed E-state index contributed by atoms with van der Waals surface area (Å²) in [5, 5.41) is 0. The second-order valence-electron chi connectivity index (χ2n) is 7.95. The Labute approximate surface area is 184 Å². The summed E-state index contributed by atoms with van der Waals surface area (Å²) in [7, 11) is 0. The van der Waals surface area contributed by atoms with E-state index < -0.39 is 11.6 Å². The standard InChI is InChI=1S/C26H32F2O3/c1-3-5-7-19-8-10-20(11-9-19)23-15-13-22(18-31-23)30-17-21-12-14-24(26(28)25(21)27)29-16-6-4-2/h3,8-12,14,22-23H,1,4-7,13,15-18H2,2H3. The number of aryl methyl sites for hydroxylation is 1. The maximum atomic E-state index is 14.3. The molecular weight excluding hydrogens is 398 g/mol. The highest BCUT2D eigenvalue weighted by atomic mass is 19.2. The monoisotopic (exact) mass is 430 g/mol. The first-order chi connectivity index (χ1) is 15.1. The largest absolute Gasteiger partial charge is 0.490 e. The Balaban J connectivity index is 1.47. The Morgan fingerprint density at radius 2 is 1.90 bits per heavy atom. The third-order valence-corrected chi connectivity index (χ3v) is 5.58. The fourth-order valence-electron chi connectivity index (χ4n) is 3.62. The lowest BCUT2D eigenvalue weighted by molar-refractivity contribution is -0.0925. The zero-order valence-corrected chi connectivity index (χ0v) is 18.2. The van der Waals surface area contributed by atoms with Crippen molar-refractivity contribution in [1.29, 1.82) is 0 Å². The Morgan fingerprint density at radius 3 is 2.58 bits per heavy atom. The fraction of sp³-hybridized carbons (Fsp3) is 0.462. The van der Waals surface area contributed by atoms with Gasteiger partial charge in [-0.15, -0.1) is 6.58 Å². The minimum atomic E-state index is -0.950. The van der Waals surface area contributed by atoms with E-state index in [-0.39, 0.29) is 30.1 Å². The maximum Gasteiger partial charge on any atom is 0.200 e. The molecule has 1 heterocycles. The number of unbranched alkanes of at least 4 members (excludes halogenated alkanes) is 1. The van der Waals surface area contributed by atoms with Gasteiger partial charge in [0.2, 0.25) is 5.82 Å². The molecule has 0 aromatic heterocycles. The maximum absolute atomic E-state index is 14.3. The number of allylic oxidation sites excluding steroid dienone is 1. The van der Waals surface area contributed by atoms with Crippen LogP contribution in [-0.2, 0) is 22.5 Å². The molecule has 1 aliphatic heterocycles. The normalized spacial score (nSPS) is 18.7. The molecule has 0 N–H and O–H groups in total. The molecule has 0 spiro atoms. The first-order valence-electron chi connectivity index (χ1n) is 11.1. The molecule has 31 heavy (non-hydrogen) atoms. The van der Waals surface area contributed by atoms with Crippen molar-refractivity contribution >= 4 is 0 Å². The topological polar surface area (TPSA) is 27.7 Å². The van der Waals surface area contributed by atoms with Gasteiger partial charge in [0.1, 0.15) is 0 Å². The van der Waals surface area contributed by atoms with Crippen molar-refractivity contribution in [2.75, 3.05) is 13.2 Å². The molecule has 3 nitrogen and oxygen atoms in total. The van der Waals surface area contributed by atoms with Gasteiger partial charge in [-0.1, -0.05) is 43.7 Å². The van der Waals surface area contributed by atoms with Gasteiger partial charge in [-0.3, -0.25) is 0 Å². The molecule has 1 fully saturated rings. The van der Waals surface area contributed by atoms with Crippen LogP contribution in [0.5, 0.6) is 5.75 Å². The van der Waals surface area contributed by atoms with Gasteiger partial charge in [0.25, 0.3) is 0 Å². The van der Waals surface area contributed by atoms with Crippen molar-refractivity contribution in [1.82, 2.24) is 0 Å². The van der Waals surface area contributed by atoms with E-state index in [4.69, 9.17) is 14.2 Å². The molecule has 168 valence electrons. The van der Waals surface area contributed by atoms with Crippen molar-refractivity contribution in [3.8, 4) is 5.75 Å². The fourth-order valence-corrected chi connectivity index (χ4v) is 3.62. The van der Waals surface area contributed by atoms with Gasteiger partial charge in [-0.05, 0) is 55.4 Å². The molecule has 0 saturated carbocycles. The van der Waals surface area contributed by atoms with Crippen LogP contribution in [0, 0.1) is 11.6 Å². The van der Waals surface area contributed by atoms with Crippen LogP contribution in [0.4, 0.5) is 8.78 Å². The summed E-state index contributed by atoms with van der Waals surface area (Å²) in [5.74, 6) is -1.90. The summed E-state index contributed by atoms with van der Waals surface area (Å²) in [5.41, 5.74) is 2.64. The Bertz CT molecular complexity index is 827. The summed E-state index contributed by atoms with van der Waals surface area (Å²) >= 11 is 0. The van der Waals surface area contributed by atoms with Gasteiger partial charge in [0.05, 0.1) is 32.0 Å². The predicted molar refractivity (Wildman–Crippen MR) is 118 cm³/mol. The van der Waals surface area contributed by atoms with E-state index in [1.807, 2.05) is 13.0 Å². The van der Waals surface area contributed by atoms with Crippen molar-refractivity contribution in [3.05, 3.63) is 77.4 Å². The van der Waals surface area contributed by atoms with Crippen LogP contribution in [0.3, 0.4) is 0 Å². The van der Waals surface area contributed by atoms with Gasteiger partial charge in [0, 0.05) is 5.56 Å². The van der Waals surface area contributed by atoms with Crippen LogP contribution in [0.1, 0.15) is 61.8 Å². The van der Waals surface area contributed by atoms with E-state index in [0.717, 1.165) is 44.1 Å². The van der Waals surface area contributed by atoms with E-state index in [0.29, 0.717) is 13.2 Å². The van der Waals surface area contributed by atoms with Crippen LogP contribution in [0.2, 0.25) is 0 Å². The van der Waals surface area contributed by atoms with Crippen LogP contribution < -0.4 is 4.74 Å². The first-order valence-corrected chi connectivity index (χ1v) is 11.1. The van der Waals surface area contributed by atoms with Crippen molar-refractivity contribution in [2.45, 2.75) is 64.3 Å². The average molecular weight is 431 g/mol. The molecule has 0 radical (unpaired) electrons. The van der Waals surface area contributed by atoms with Crippen molar-refractivity contribution in [2.24, 2.45) is 0 Å². The zero-order chi connectivity index (χ0) is 22.1. The van der Waals surface area contributed by atoms with Gasteiger partial charge in [0.15, 0.2) is 11.6 Å². The highest BCUT2D eigenvalue weighted by Gasteiger charge is 2.24. The van der Waals surface area contributed by atoms with E-state index in [1.54, 1.807) is 0 Å². The molecule has 0 aliphatic carbocycles. The third-order valence-electron chi connectivity index (χ3n) is 5.58. The molecule has 2 atom stereocenters. The minimum Gasteiger partial charge on any atom is -0.490 e. The summed E-state index contributed by atoms with van der Waals surface area (Å²) < 4.78 is 45.7. The number of hydrogen-bond acceptors (Lipinski definition) is 3. The molecule has 3 rings (SSSR count). The van der Waals surface area contributed by atoms with E-state index >= 15 is 0 Å². The Kier molecular flexibility index (Phi) is 9.04. The van der Waals surface area contributed by atoms with Crippen molar-refractivity contribution in [3.63, 3.8) is 0 Å². The SMILES string of the molecule is C=CCCc1ccc(C2CCC(OCc3ccc(OCCCC)c(F)c3F)CO2)cc1. The van der Waals surface area contributed by atoms with E-state index in [2.05, 4.69) is 30.8 Å². The summed E-state index contributed by atoms with van der Waals surface area (Å²) in [4.78, 5) is 0. The van der Waals surface area contributed by atoms with Gasteiger partial charge in [-0.25, -0.2) is 4.39 Å². The highest BCUT2D eigenvalue weighted by Crippen LogP contribution is 2.30. The third kappa shape index (κ3) is 6.62. The predicted octanol–water partition coefficient (Wildman–Crippen LogP) is 6.70. The Hall–Kier alpha value is -2.24. The molecule has 1 saturated heterocycles. The second kappa shape index (κ2) is 12.0. The number of ether oxygens (including phenoxy) is 3. The molecule has 2 aromatic rings. The molecule has 0 bridgehead atoms. The Morgan fingerprint density at radius 1 is 1.10 bits per heavy atom. The number of hydrogen-bond donors (Lipinski definition) is 0. The van der Waals surface area contributed by atoms with Gasteiger partial charge < -0.3 is 14.2 Å².